The molecule has 2 aliphatic rings. The standard InChI is InChI=1S/C17H21N3O3S/c1-10-13-15(18-9-19(2)16(13)21)24-14(10)17(22)20-7-8-23-12-6-4-3-5-11(12)20/h9,11-12H,3-8H2,1-2H3/t11-,12-/m1/s1. The van der Waals surface area contributed by atoms with Gasteiger partial charge < -0.3 is 14.2 Å². The zero-order chi connectivity index (χ0) is 16.8. The third-order valence-electron chi connectivity index (χ3n) is 5.20. The number of nitrogens with zero attached hydrogens (tertiary/aromatic N) is 3. The Labute approximate surface area is 144 Å². The molecule has 24 heavy (non-hydrogen) atoms. The summed E-state index contributed by atoms with van der Waals surface area (Å²) < 4.78 is 7.33. The van der Waals surface area contributed by atoms with E-state index in [4.69, 9.17) is 4.74 Å². The Morgan fingerprint density at radius 1 is 1.38 bits per heavy atom. The number of ether oxygens (including phenoxy) is 1. The van der Waals surface area contributed by atoms with Gasteiger partial charge in [-0.15, -0.1) is 11.3 Å². The van der Waals surface area contributed by atoms with Crippen LogP contribution in [-0.2, 0) is 11.8 Å². The van der Waals surface area contributed by atoms with Crippen molar-refractivity contribution in [2.45, 2.75) is 44.8 Å². The van der Waals surface area contributed by atoms with Crippen molar-refractivity contribution in [2.24, 2.45) is 7.05 Å². The van der Waals surface area contributed by atoms with E-state index in [9.17, 15) is 9.59 Å². The minimum Gasteiger partial charge on any atom is -0.374 e. The van der Waals surface area contributed by atoms with Crippen molar-refractivity contribution >= 4 is 27.5 Å². The second-order valence-corrected chi connectivity index (χ2v) is 7.66. The molecule has 7 heteroatoms. The summed E-state index contributed by atoms with van der Waals surface area (Å²) in [7, 11) is 1.68. The fourth-order valence-electron chi connectivity index (χ4n) is 3.89. The number of aromatic nitrogens is 2. The molecule has 0 radical (unpaired) electrons. The maximum Gasteiger partial charge on any atom is 0.264 e. The first-order chi connectivity index (χ1) is 11.6. The monoisotopic (exact) mass is 347 g/mol. The van der Waals surface area contributed by atoms with Crippen molar-refractivity contribution in [2.75, 3.05) is 13.2 Å². The molecule has 1 aliphatic heterocycles. The topological polar surface area (TPSA) is 64.4 Å². The quantitative estimate of drug-likeness (QED) is 0.792. The third kappa shape index (κ3) is 2.38. The number of morpholine rings is 1. The van der Waals surface area contributed by atoms with E-state index in [1.165, 1.54) is 28.7 Å². The lowest BCUT2D eigenvalue weighted by atomic mass is 9.90. The van der Waals surface area contributed by atoms with Crippen LogP contribution in [0.5, 0.6) is 0 Å². The van der Waals surface area contributed by atoms with E-state index >= 15 is 0 Å². The van der Waals surface area contributed by atoms with Crippen LogP contribution >= 0.6 is 11.3 Å². The van der Waals surface area contributed by atoms with Crippen molar-refractivity contribution in [1.82, 2.24) is 14.5 Å². The maximum absolute atomic E-state index is 13.2. The zero-order valence-electron chi connectivity index (χ0n) is 13.9. The predicted octanol–water partition coefficient (Wildman–Crippen LogP) is 2.09. The number of carbonyl (C=O) groups is 1. The van der Waals surface area contributed by atoms with Crippen LogP contribution in [0.2, 0.25) is 0 Å². The fourth-order valence-corrected chi connectivity index (χ4v) is 4.99. The molecule has 2 aromatic rings. The average Bonchev–Trinajstić information content (AvgIpc) is 2.94. The Kier molecular flexibility index (Phi) is 3.92. The smallest absolute Gasteiger partial charge is 0.264 e. The molecule has 128 valence electrons. The van der Waals surface area contributed by atoms with Gasteiger partial charge in [-0.25, -0.2) is 4.98 Å². The Balaban J connectivity index is 1.74. The van der Waals surface area contributed by atoms with Gasteiger partial charge in [0.15, 0.2) is 0 Å². The summed E-state index contributed by atoms with van der Waals surface area (Å²) >= 11 is 1.33. The number of fused-ring (bicyclic) bond motifs is 2. The lowest BCUT2D eigenvalue weighted by Crippen LogP contribution is -2.54. The highest BCUT2D eigenvalue weighted by molar-refractivity contribution is 7.20. The minimum atomic E-state index is -0.0923. The molecule has 0 bridgehead atoms. The van der Waals surface area contributed by atoms with Crippen LogP contribution in [0, 0.1) is 6.92 Å². The summed E-state index contributed by atoms with van der Waals surface area (Å²) in [5.74, 6) is 0.0257. The largest absolute Gasteiger partial charge is 0.374 e. The lowest BCUT2D eigenvalue weighted by Gasteiger charge is -2.43. The van der Waals surface area contributed by atoms with Gasteiger partial charge in [0.25, 0.3) is 11.5 Å². The number of carbonyl (C=O) groups excluding carboxylic acids is 1. The number of hydrogen-bond acceptors (Lipinski definition) is 5. The number of hydrogen-bond donors (Lipinski definition) is 0. The molecule has 0 unspecified atom stereocenters. The summed E-state index contributed by atoms with van der Waals surface area (Å²) in [6, 6.07) is 0.167. The second kappa shape index (κ2) is 5.97. The van der Waals surface area contributed by atoms with Gasteiger partial charge in [0, 0.05) is 13.6 Å². The highest BCUT2D eigenvalue weighted by atomic mass is 32.1. The molecule has 1 saturated heterocycles. The van der Waals surface area contributed by atoms with Gasteiger partial charge in [0.1, 0.15) is 4.83 Å². The number of aryl methyl sites for hydroxylation is 2. The van der Waals surface area contributed by atoms with Gasteiger partial charge in [-0.05, 0) is 25.3 Å². The first kappa shape index (κ1) is 15.8. The van der Waals surface area contributed by atoms with Gasteiger partial charge in [-0.2, -0.15) is 0 Å². The van der Waals surface area contributed by atoms with Crippen LogP contribution in [0.3, 0.4) is 0 Å². The number of amides is 1. The van der Waals surface area contributed by atoms with Gasteiger partial charge in [-0.3, -0.25) is 9.59 Å². The van der Waals surface area contributed by atoms with Crippen molar-refractivity contribution < 1.29 is 9.53 Å². The van der Waals surface area contributed by atoms with Crippen LogP contribution in [-0.4, -0.2) is 45.7 Å². The molecule has 2 aromatic heterocycles. The van der Waals surface area contributed by atoms with E-state index in [-0.39, 0.29) is 23.6 Å². The average molecular weight is 347 g/mol. The van der Waals surface area contributed by atoms with Crippen molar-refractivity contribution in [3.8, 4) is 0 Å². The van der Waals surface area contributed by atoms with E-state index in [0.717, 1.165) is 24.8 Å². The third-order valence-corrected chi connectivity index (χ3v) is 6.39. The Morgan fingerprint density at radius 3 is 3.00 bits per heavy atom. The number of thiophene rings is 1. The summed E-state index contributed by atoms with van der Waals surface area (Å²) in [5, 5.41) is 0.571. The molecule has 1 amide bonds. The molecular weight excluding hydrogens is 326 g/mol. The highest BCUT2D eigenvalue weighted by Gasteiger charge is 2.38. The van der Waals surface area contributed by atoms with E-state index in [2.05, 4.69) is 4.98 Å². The second-order valence-electron chi connectivity index (χ2n) is 6.66. The summed E-state index contributed by atoms with van der Waals surface area (Å²) in [6.45, 7) is 3.07. The summed E-state index contributed by atoms with van der Waals surface area (Å²) in [5.41, 5.74) is 0.665. The molecule has 3 heterocycles. The predicted molar refractivity (Wildman–Crippen MR) is 92.6 cm³/mol. The normalized spacial score (nSPS) is 24.2. The van der Waals surface area contributed by atoms with Crippen LogP contribution in [0.1, 0.15) is 40.9 Å². The molecule has 4 rings (SSSR count). The van der Waals surface area contributed by atoms with E-state index in [1.807, 2.05) is 11.8 Å². The van der Waals surface area contributed by atoms with E-state index < -0.39 is 0 Å². The van der Waals surface area contributed by atoms with Crippen LogP contribution in [0.15, 0.2) is 11.1 Å². The number of rotatable bonds is 1. The molecule has 0 aromatic carbocycles. The molecule has 0 spiro atoms. The van der Waals surface area contributed by atoms with Gasteiger partial charge in [-0.1, -0.05) is 12.8 Å². The molecule has 1 saturated carbocycles. The minimum absolute atomic E-state index is 0.0257. The Bertz CT molecular complexity index is 855. The molecule has 0 N–H and O–H groups in total. The molecule has 2 atom stereocenters. The van der Waals surface area contributed by atoms with Crippen molar-refractivity contribution in [3.05, 3.63) is 27.1 Å². The van der Waals surface area contributed by atoms with Gasteiger partial charge in [0.2, 0.25) is 0 Å². The van der Waals surface area contributed by atoms with Crippen LogP contribution in [0.4, 0.5) is 0 Å². The summed E-state index contributed by atoms with van der Waals surface area (Å²) in [4.78, 5) is 33.1. The summed E-state index contributed by atoms with van der Waals surface area (Å²) in [6.07, 6.45) is 6.02. The highest BCUT2D eigenvalue weighted by Crippen LogP contribution is 2.33. The van der Waals surface area contributed by atoms with Crippen LogP contribution in [0.25, 0.3) is 10.2 Å². The Morgan fingerprint density at radius 2 is 2.17 bits per heavy atom. The SMILES string of the molecule is Cc1c(C(=O)N2CCO[C@@H]3CCCC[C@H]32)sc2ncn(C)c(=O)c12. The van der Waals surface area contributed by atoms with Gasteiger partial charge in [0.05, 0.1) is 35.3 Å². The first-order valence-corrected chi connectivity index (χ1v) is 9.27. The Hall–Kier alpha value is -1.73. The first-order valence-electron chi connectivity index (χ1n) is 8.45. The zero-order valence-corrected chi connectivity index (χ0v) is 14.8. The maximum atomic E-state index is 13.2. The lowest BCUT2D eigenvalue weighted by molar-refractivity contribution is -0.0751. The molecule has 6 nitrogen and oxygen atoms in total. The van der Waals surface area contributed by atoms with Gasteiger partial charge >= 0.3 is 0 Å². The fraction of sp³-hybridized carbons (Fsp3) is 0.588. The molecule has 1 aliphatic carbocycles. The van der Waals surface area contributed by atoms with Crippen molar-refractivity contribution in [1.29, 1.82) is 0 Å². The van der Waals surface area contributed by atoms with Crippen LogP contribution < -0.4 is 5.56 Å². The molecule has 2 fully saturated rings. The molecular formula is C17H21N3O3S. The van der Waals surface area contributed by atoms with E-state index in [1.54, 1.807) is 7.05 Å². The van der Waals surface area contributed by atoms with E-state index in [0.29, 0.717) is 28.2 Å². The van der Waals surface area contributed by atoms with Crippen molar-refractivity contribution in [3.63, 3.8) is 0 Å².